The van der Waals surface area contributed by atoms with Crippen LogP contribution in [-0.2, 0) is 12.5 Å². The monoisotopic (exact) mass is 594 g/mol. The molecule has 2 N–H and O–H groups in total. The first-order valence-corrected chi connectivity index (χ1v) is 11.7. The number of pyridine rings is 1. The second kappa shape index (κ2) is 10.9. The maximum atomic E-state index is 13.6. The van der Waals surface area contributed by atoms with Crippen molar-refractivity contribution in [3.8, 4) is 11.9 Å². The first-order valence-electron chi connectivity index (χ1n) is 11.3. The number of anilines is 1. The van der Waals surface area contributed by atoms with Crippen LogP contribution in [0.15, 0.2) is 36.5 Å². The Morgan fingerprint density at radius 2 is 1.85 bits per heavy atom. The number of tetrazole rings is 1. The minimum atomic E-state index is -5.94. The Balaban J connectivity index is 1.75. The summed E-state index contributed by atoms with van der Waals surface area (Å²) < 4.78 is 66.3. The number of nitrogens with one attached hydrogen (secondary N) is 2. The smallest absolute Gasteiger partial charge is 0.355 e. The van der Waals surface area contributed by atoms with Gasteiger partial charge in [0.05, 0.1) is 33.6 Å². The van der Waals surface area contributed by atoms with Crippen molar-refractivity contribution in [2.45, 2.75) is 25.6 Å². The summed E-state index contributed by atoms with van der Waals surface area (Å²) in [7, 11) is 1.36. The molecule has 212 valence electrons. The molecule has 2 amide bonds. The largest absolute Gasteiger partial charge is 0.461 e. The van der Waals surface area contributed by atoms with Crippen LogP contribution < -0.4 is 10.6 Å². The SMILES string of the molecule is CNC(=O)c1cc(C#N)cc(C)c1NC(=O)c1cc(Cn2nnc(C(F)(F)C(F)(F)F)n2)nn1-c1ncccc1Cl. The standard InChI is InChI=1S/C23H16ClF5N10O2/c1-11-6-12(9-30)7-14(19(40)31-2)17(11)33-20(41)16-8-13(35-39(16)18-15(24)4-3-5-32-18)10-38-36-21(34-37-38)22(25,26)23(27,28)29/h3-8H,10H2,1-2H3,(H,31,40)(H,33,41). The fourth-order valence-corrected chi connectivity index (χ4v) is 3.78. The van der Waals surface area contributed by atoms with Crippen molar-refractivity contribution >= 4 is 29.1 Å². The molecule has 0 saturated carbocycles. The van der Waals surface area contributed by atoms with Crippen molar-refractivity contribution in [2.24, 2.45) is 0 Å². The van der Waals surface area contributed by atoms with Crippen molar-refractivity contribution in [2.75, 3.05) is 12.4 Å². The minimum Gasteiger partial charge on any atom is -0.355 e. The van der Waals surface area contributed by atoms with Crippen LogP contribution in [0.1, 0.15) is 43.5 Å². The third kappa shape index (κ3) is 5.68. The summed E-state index contributed by atoms with van der Waals surface area (Å²) in [4.78, 5) is 30.5. The third-order valence-electron chi connectivity index (χ3n) is 5.50. The van der Waals surface area contributed by atoms with E-state index in [0.717, 1.165) is 4.68 Å². The number of aryl methyl sites for hydroxylation is 1. The van der Waals surface area contributed by atoms with Crippen LogP contribution in [0.5, 0.6) is 0 Å². The van der Waals surface area contributed by atoms with Gasteiger partial charge in [-0.3, -0.25) is 9.59 Å². The number of hydrogen-bond acceptors (Lipinski definition) is 8. The average molecular weight is 595 g/mol. The molecule has 0 aliphatic rings. The number of alkyl halides is 5. The molecule has 0 bridgehead atoms. The minimum absolute atomic E-state index is 0.00973. The van der Waals surface area contributed by atoms with Gasteiger partial charge in [0.15, 0.2) is 5.82 Å². The number of nitriles is 1. The van der Waals surface area contributed by atoms with E-state index in [1.807, 2.05) is 6.07 Å². The molecule has 41 heavy (non-hydrogen) atoms. The summed E-state index contributed by atoms with van der Waals surface area (Å²) in [5, 5.41) is 27.7. The Morgan fingerprint density at radius 1 is 1.12 bits per heavy atom. The molecule has 18 heteroatoms. The zero-order chi connectivity index (χ0) is 30.1. The van der Waals surface area contributed by atoms with Gasteiger partial charge in [-0.25, -0.2) is 9.67 Å². The van der Waals surface area contributed by atoms with Gasteiger partial charge in [0.1, 0.15) is 12.2 Å². The second-order valence-electron chi connectivity index (χ2n) is 8.32. The van der Waals surface area contributed by atoms with Crippen molar-refractivity contribution in [1.29, 1.82) is 5.26 Å². The Bertz CT molecular complexity index is 1690. The molecule has 0 spiro atoms. The van der Waals surface area contributed by atoms with E-state index in [0.29, 0.717) is 10.4 Å². The van der Waals surface area contributed by atoms with E-state index in [1.54, 1.807) is 6.92 Å². The van der Waals surface area contributed by atoms with Gasteiger partial charge in [0.2, 0.25) is 0 Å². The molecule has 0 atom stereocenters. The molecular weight excluding hydrogens is 579 g/mol. The van der Waals surface area contributed by atoms with Gasteiger partial charge in [-0.1, -0.05) is 11.6 Å². The van der Waals surface area contributed by atoms with E-state index in [4.69, 9.17) is 11.6 Å². The molecule has 0 unspecified atom stereocenters. The van der Waals surface area contributed by atoms with E-state index in [1.165, 1.54) is 43.6 Å². The lowest BCUT2D eigenvalue weighted by Crippen LogP contribution is -2.35. The number of halogens is 6. The Hall–Kier alpha value is -4.98. The van der Waals surface area contributed by atoms with E-state index >= 15 is 0 Å². The Labute approximate surface area is 231 Å². The molecule has 0 saturated heterocycles. The van der Waals surface area contributed by atoms with E-state index in [9.17, 15) is 36.8 Å². The number of amides is 2. The van der Waals surface area contributed by atoms with Crippen molar-refractivity contribution in [3.63, 3.8) is 0 Å². The summed E-state index contributed by atoms with van der Waals surface area (Å²) in [5.41, 5.74) is 0.328. The molecular formula is C23H16ClF5N10O2. The number of carbonyl (C=O) groups excluding carboxylic acids is 2. The van der Waals surface area contributed by atoms with Gasteiger partial charge in [0.25, 0.3) is 17.6 Å². The number of nitrogens with zero attached hydrogens (tertiary/aromatic N) is 8. The topological polar surface area (TPSA) is 156 Å². The number of hydrogen-bond donors (Lipinski definition) is 2. The van der Waals surface area contributed by atoms with Gasteiger partial charge >= 0.3 is 12.1 Å². The van der Waals surface area contributed by atoms with Gasteiger partial charge in [0, 0.05) is 13.2 Å². The number of carbonyl (C=O) groups is 2. The van der Waals surface area contributed by atoms with Gasteiger partial charge in [-0.05, 0) is 48.0 Å². The normalized spacial score (nSPS) is 11.7. The summed E-state index contributed by atoms with van der Waals surface area (Å²) in [6, 6.07) is 8.78. The molecule has 1 aromatic carbocycles. The van der Waals surface area contributed by atoms with Gasteiger partial charge in [-0.2, -0.15) is 37.1 Å². The van der Waals surface area contributed by atoms with Crippen molar-refractivity contribution in [3.05, 3.63) is 75.5 Å². The highest BCUT2D eigenvalue weighted by Gasteiger charge is 2.62. The predicted octanol–water partition coefficient (Wildman–Crippen LogP) is 3.40. The van der Waals surface area contributed by atoms with E-state index in [2.05, 4.69) is 36.1 Å². The molecule has 3 heterocycles. The maximum absolute atomic E-state index is 13.6. The first-order chi connectivity index (χ1) is 19.3. The van der Waals surface area contributed by atoms with Crippen LogP contribution in [0, 0.1) is 18.3 Å². The summed E-state index contributed by atoms with van der Waals surface area (Å²) in [6.45, 7) is 0.990. The third-order valence-corrected chi connectivity index (χ3v) is 5.80. The van der Waals surface area contributed by atoms with Crippen LogP contribution in [0.2, 0.25) is 5.02 Å². The zero-order valence-electron chi connectivity index (χ0n) is 20.8. The van der Waals surface area contributed by atoms with Gasteiger partial charge < -0.3 is 10.6 Å². The molecule has 0 aliphatic heterocycles. The molecule has 12 nitrogen and oxygen atoms in total. The second-order valence-corrected chi connectivity index (χ2v) is 8.73. The molecule has 4 rings (SSSR count). The van der Waals surface area contributed by atoms with Crippen LogP contribution in [0.4, 0.5) is 27.6 Å². The summed E-state index contributed by atoms with van der Waals surface area (Å²) >= 11 is 6.24. The number of aromatic nitrogens is 7. The van der Waals surface area contributed by atoms with Crippen LogP contribution >= 0.6 is 11.6 Å². The maximum Gasteiger partial charge on any atom is 0.461 e. The van der Waals surface area contributed by atoms with Gasteiger partial charge in [-0.15, -0.1) is 10.2 Å². The highest BCUT2D eigenvalue weighted by Crippen LogP contribution is 2.41. The van der Waals surface area contributed by atoms with E-state index < -0.39 is 36.3 Å². The average Bonchev–Trinajstić information content (AvgIpc) is 3.56. The van der Waals surface area contributed by atoms with Crippen LogP contribution in [0.25, 0.3) is 5.82 Å². The lowest BCUT2D eigenvalue weighted by atomic mass is 10.0. The first kappa shape index (κ1) is 29.0. The van der Waals surface area contributed by atoms with Crippen molar-refractivity contribution in [1.82, 2.24) is 40.3 Å². The lowest BCUT2D eigenvalue weighted by molar-refractivity contribution is -0.292. The lowest BCUT2D eigenvalue weighted by Gasteiger charge is -2.14. The number of benzene rings is 1. The number of rotatable bonds is 7. The predicted molar refractivity (Wildman–Crippen MR) is 130 cm³/mol. The zero-order valence-corrected chi connectivity index (χ0v) is 21.6. The van der Waals surface area contributed by atoms with Crippen molar-refractivity contribution < 1.29 is 31.5 Å². The molecule has 3 aromatic heterocycles. The summed E-state index contributed by atoms with van der Waals surface area (Å²) in [5.74, 6) is -8.67. The van der Waals surface area contributed by atoms with E-state index in [-0.39, 0.29) is 39.0 Å². The quantitative estimate of drug-likeness (QED) is 0.308. The molecule has 0 fully saturated rings. The Morgan fingerprint density at radius 3 is 2.49 bits per heavy atom. The van der Waals surface area contributed by atoms with Crippen LogP contribution in [-0.4, -0.2) is 60.0 Å². The fourth-order valence-electron chi connectivity index (χ4n) is 3.58. The molecule has 0 aliphatic carbocycles. The Kier molecular flexibility index (Phi) is 7.70. The fraction of sp³-hybridized carbons (Fsp3) is 0.217. The summed E-state index contributed by atoms with van der Waals surface area (Å²) in [6.07, 6.45) is -4.59. The highest BCUT2D eigenvalue weighted by atomic mass is 35.5. The highest BCUT2D eigenvalue weighted by molar-refractivity contribution is 6.32. The molecule has 4 aromatic rings. The molecule has 0 radical (unpaired) electrons. The van der Waals surface area contributed by atoms with Crippen LogP contribution in [0.3, 0.4) is 0 Å².